The number of aromatic nitrogens is 2. The zero-order valence-electron chi connectivity index (χ0n) is 14.3. The van der Waals surface area contributed by atoms with Crippen LogP contribution in [0.25, 0.3) is 0 Å². The lowest BCUT2D eigenvalue weighted by Crippen LogP contribution is -2.46. The first-order valence-electron chi connectivity index (χ1n) is 8.49. The van der Waals surface area contributed by atoms with Crippen LogP contribution < -0.4 is 5.32 Å². The molecule has 4 rings (SSSR count). The summed E-state index contributed by atoms with van der Waals surface area (Å²) in [5, 5.41) is 11.3. The molecule has 1 aliphatic heterocycles. The van der Waals surface area contributed by atoms with Crippen LogP contribution in [0, 0.1) is 11.3 Å². The molecule has 1 N–H and O–H groups in total. The van der Waals surface area contributed by atoms with Crippen molar-refractivity contribution in [2.75, 3.05) is 18.4 Å². The normalized spacial score (nSPS) is 16.9. The average molecular weight is 367 g/mol. The lowest BCUT2D eigenvalue weighted by molar-refractivity contribution is -0.117. The number of anilines is 1. The van der Waals surface area contributed by atoms with Crippen molar-refractivity contribution < 1.29 is 9.59 Å². The van der Waals surface area contributed by atoms with Gasteiger partial charge in [-0.3, -0.25) is 14.9 Å². The highest BCUT2D eigenvalue weighted by Gasteiger charge is 2.52. The van der Waals surface area contributed by atoms with E-state index in [1.165, 1.54) is 22.8 Å². The zero-order valence-corrected chi connectivity index (χ0v) is 15.1. The van der Waals surface area contributed by atoms with Gasteiger partial charge in [0.05, 0.1) is 22.8 Å². The van der Waals surface area contributed by atoms with Gasteiger partial charge in [0.1, 0.15) is 12.6 Å². The van der Waals surface area contributed by atoms with E-state index < -0.39 is 0 Å². The summed E-state index contributed by atoms with van der Waals surface area (Å²) in [7, 11) is 0. The molecule has 2 aromatic heterocycles. The third-order valence-corrected chi connectivity index (χ3v) is 6.17. The number of carbonyl (C=O) groups is 2. The van der Waals surface area contributed by atoms with E-state index in [9.17, 15) is 9.59 Å². The van der Waals surface area contributed by atoms with Crippen molar-refractivity contribution in [3.63, 3.8) is 0 Å². The van der Waals surface area contributed by atoms with E-state index in [0.717, 1.165) is 24.1 Å². The highest BCUT2D eigenvalue weighted by molar-refractivity contribution is 7.14. The van der Waals surface area contributed by atoms with Crippen LogP contribution in [0.15, 0.2) is 18.5 Å². The second-order valence-corrected chi connectivity index (χ2v) is 7.84. The van der Waals surface area contributed by atoms with Crippen LogP contribution in [-0.4, -0.2) is 39.8 Å². The second-order valence-electron chi connectivity index (χ2n) is 6.71. The number of thiophene rings is 1. The van der Waals surface area contributed by atoms with Gasteiger partial charge in [-0.05, 0) is 30.9 Å². The Kier molecular flexibility index (Phi) is 3.96. The monoisotopic (exact) mass is 367 g/mol. The summed E-state index contributed by atoms with van der Waals surface area (Å²) in [5.74, 6) is -0.280. The molecule has 0 radical (unpaired) electrons. The maximum Gasteiger partial charge on any atom is 0.264 e. The minimum Gasteiger partial charge on any atom is -0.328 e. The van der Waals surface area contributed by atoms with Crippen molar-refractivity contribution in [1.82, 2.24) is 14.9 Å². The molecule has 0 unspecified atom stereocenters. The molecule has 7 nitrogen and oxygen atoms in total. The largest absolute Gasteiger partial charge is 0.328 e. The van der Waals surface area contributed by atoms with Gasteiger partial charge in [0.15, 0.2) is 0 Å². The molecule has 2 aromatic rings. The molecule has 1 saturated carbocycles. The molecule has 0 saturated heterocycles. The third-order valence-electron chi connectivity index (χ3n) is 4.90. The molecule has 0 atom stereocenters. The van der Waals surface area contributed by atoms with E-state index in [-0.39, 0.29) is 29.7 Å². The van der Waals surface area contributed by atoms with Crippen LogP contribution in [0.5, 0.6) is 0 Å². The maximum absolute atomic E-state index is 12.8. The number of nitrogens with zero attached hydrogens (tertiary/aromatic N) is 4. The smallest absolute Gasteiger partial charge is 0.264 e. The van der Waals surface area contributed by atoms with Gasteiger partial charge in [-0.1, -0.05) is 6.92 Å². The van der Waals surface area contributed by atoms with E-state index in [4.69, 9.17) is 5.26 Å². The second kappa shape index (κ2) is 6.18. The summed E-state index contributed by atoms with van der Waals surface area (Å²) in [4.78, 5) is 36.6. The van der Waals surface area contributed by atoms with Crippen LogP contribution in [0.2, 0.25) is 0 Å². The van der Waals surface area contributed by atoms with Gasteiger partial charge in [-0.2, -0.15) is 5.26 Å². The van der Waals surface area contributed by atoms with Crippen molar-refractivity contribution in [2.45, 2.75) is 31.6 Å². The summed E-state index contributed by atoms with van der Waals surface area (Å²) >= 11 is 1.55. The Hall–Kier alpha value is -2.79. The average Bonchev–Trinajstić information content (AvgIpc) is 3.27. The Labute approximate surface area is 154 Å². The molecule has 26 heavy (non-hydrogen) atoms. The number of fused-ring (bicyclic) bond motifs is 2. The van der Waals surface area contributed by atoms with Crippen LogP contribution in [0.4, 0.5) is 5.95 Å². The molecular formula is C18H17N5O2S. The Morgan fingerprint density at radius 2 is 2.15 bits per heavy atom. The van der Waals surface area contributed by atoms with Gasteiger partial charge in [0.2, 0.25) is 11.9 Å². The van der Waals surface area contributed by atoms with Crippen molar-refractivity contribution in [3.8, 4) is 6.07 Å². The van der Waals surface area contributed by atoms with E-state index in [1.54, 1.807) is 16.2 Å². The molecule has 2 aliphatic rings. The van der Waals surface area contributed by atoms with Gasteiger partial charge in [-0.25, -0.2) is 9.97 Å². The molecule has 3 heterocycles. The minimum atomic E-state index is -0.338. The van der Waals surface area contributed by atoms with Gasteiger partial charge in [0, 0.05) is 16.8 Å². The minimum absolute atomic E-state index is 0.0251. The number of amides is 2. The fourth-order valence-electron chi connectivity index (χ4n) is 3.33. The fourth-order valence-corrected chi connectivity index (χ4v) is 4.51. The topological polar surface area (TPSA) is 99.0 Å². The van der Waals surface area contributed by atoms with E-state index in [1.807, 2.05) is 6.07 Å². The highest BCUT2D eigenvalue weighted by Crippen LogP contribution is 2.54. The van der Waals surface area contributed by atoms with Crippen LogP contribution in [0.3, 0.4) is 0 Å². The zero-order chi connectivity index (χ0) is 18.3. The lowest BCUT2D eigenvalue weighted by atomic mass is 9.91. The molecule has 132 valence electrons. The molecular weight excluding hydrogens is 350 g/mol. The maximum atomic E-state index is 12.8. The summed E-state index contributed by atoms with van der Waals surface area (Å²) < 4.78 is 0. The van der Waals surface area contributed by atoms with Crippen LogP contribution >= 0.6 is 11.3 Å². The number of rotatable bonds is 4. The third kappa shape index (κ3) is 2.84. The number of nitriles is 1. The first kappa shape index (κ1) is 16.7. The molecule has 1 spiro atoms. The number of nitrogens with one attached hydrogen (secondary N) is 1. The van der Waals surface area contributed by atoms with Crippen LogP contribution in [-0.2, 0) is 16.6 Å². The molecule has 0 aromatic carbocycles. The summed E-state index contributed by atoms with van der Waals surface area (Å²) in [6.07, 6.45) is 5.72. The Morgan fingerprint density at radius 3 is 2.77 bits per heavy atom. The van der Waals surface area contributed by atoms with Crippen molar-refractivity contribution in [2.24, 2.45) is 0 Å². The van der Waals surface area contributed by atoms with Gasteiger partial charge in [0.25, 0.3) is 5.91 Å². The van der Waals surface area contributed by atoms with Crippen LogP contribution in [0.1, 0.15) is 45.4 Å². The first-order valence-corrected chi connectivity index (χ1v) is 9.31. The van der Waals surface area contributed by atoms with Crippen molar-refractivity contribution >= 4 is 29.1 Å². The molecule has 8 heteroatoms. The lowest BCUT2D eigenvalue weighted by Gasteiger charge is -2.32. The Bertz CT molecular complexity index is 924. The molecule has 2 amide bonds. The first-order chi connectivity index (χ1) is 12.5. The number of aryl methyl sites for hydroxylation is 1. The van der Waals surface area contributed by atoms with E-state index in [2.05, 4.69) is 28.3 Å². The summed E-state index contributed by atoms with van der Waals surface area (Å²) in [6.45, 7) is 2.65. The molecule has 1 aliphatic carbocycles. The predicted octanol–water partition coefficient (Wildman–Crippen LogP) is 2.10. The Balaban J connectivity index is 1.49. The molecule has 0 bridgehead atoms. The van der Waals surface area contributed by atoms with Gasteiger partial charge in [-0.15, -0.1) is 11.3 Å². The summed E-state index contributed by atoms with van der Waals surface area (Å²) in [6, 6.07) is 4.10. The number of hydrogen-bond acceptors (Lipinski definition) is 6. The Morgan fingerprint density at radius 1 is 1.42 bits per heavy atom. The van der Waals surface area contributed by atoms with E-state index in [0.29, 0.717) is 12.1 Å². The van der Waals surface area contributed by atoms with Gasteiger partial charge < -0.3 is 4.90 Å². The summed E-state index contributed by atoms with van der Waals surface area (Å²) in [5.41, 5.74) is 1.54. The van der Waals surface area contributed by atoms with Gasteiger partial charge >= 0.3 is 0 Å². The number of hydrogen-bond donors (Lipinski definition) is 1. The highest BCUT2D eigenvalue weighted by atomic mass is 32.1. The predicted molar refractivity (Wildman–Crippen MR) is 95.9 cm³/mol. The number of carbonyl (C=O) groups excluding carboxylic acids is 2. The molecule has 1 fully saturated rings. The quantitative estimate of drug-likeness (QED) is 0.892. The van der Waals surface area contributed by atoms with E-state index >= 15 is 0 Å². The SMILES string of the molecule is CCc1cc2c(s1)C(=O)N(CC(=O)Nc1ncc(C#N)cn1)CC21CC1. The van der Waals surface area contributed by atoms with Crippen molar-refractivity contribution in [3.05, 3.63) is 39.3 Å². The fraction of sp³-hybridized carbons (Fsp3) is 0.389. The van der Waals surface area contributed by atoms with Crippen molar-refractivity contribution in [1.29, 1.82) is 5.26 Å². The standard InChI is InChI=1S/C18H17N5O2S/c1-2-12-5-13-15(26-12)16(25)23(10-18(13)3-4-18)9-14(24)22-17-20-7-11(6-19)8-21-17/h5,7-8H,2-4,9-10H2,1H3,(H,20,21,22,24).